The van der Waals surface area contributed by atoms with Gasteiger partial charge >= 0.3 is 5.97 Å². The summed E-state index contributed by atoms with van der Waals surface area (Å²) in [4.78, 5) is 21.1. The fourth-order valence-corrected chi connectivity index (χ4v) is 1.41. The summed E-state index contributed by atoms with van der Waals surface area (Å²) in [6, 6.07) is 6.68. The van der Waals surface area contributed by atoms with E-state index in [9.17, 15) is 9.59 Å². The van der Waals surface area contributed by atoms with Crippen LogP contribution in [0.3, 0.4) is 0 Å². The van der Waals surface area contributed by atoms with Gasteiger partial charge in [0.1, 0.15) is 18.6 Å². The van der Waals surface area contributed by atoms with E-state index in [1.165, 1.54) is 10.9 Å². The molecular formula is C12H11N3O4. The number of hydrogen-bond acceptors (Lipinski definition) is 5. The number of carbonyl (C=O) groups excluding carboxylic acids is 1. The summed E-state index contributed by atoms with van der Waals surface area (Å²) in [6.45, 7) is 0.707. The van der Waals surface area contributed by atoms with E-state index in [2.05, 4.69) is 10.3 Å². The smallest absolute Gasteiger partial charge is 0.358 e. The highest BCUT2D eigenvalue weighted by Crippen LogP contribution is 2.10. The SMILES string of the molecule is O=Cc1ccc(OCCn2cc(C(=O)O)nn2)cc1. The molecule has 7 nitrogen and oxygen atoms in total. The Morgan fingerprint density at radius 3 is 2.68 bits per heavy atom. The molecule has 1 aromatic heterocycles. The number of carboxylic acid groups (broad SMARTS) is 1. The van der Waals surface area contributed by atoms with Crippen molar-refractivity contribution in [2.24, 2.45) is 0 Å². The van der Waals surface area contributed by atoms with Gasteiger partial charge in [0.15, 0.2) is 5.69 Å². The first-order valence-electron chi connectivity index (χ1n) is 5.50. The molecular weight excluding hydrogens is 250 g/mol. The minimum absolute atomic E-state index is 0.102. The second kappa shape index (κ2) is 5.76. The lowest BCUT2D eigenvalue weighted by Crippen LogP contribution is -2.08. The van der Waals surface area contributed by atoms with Gasteiger partial charge in [-0.1, -0.05) is 5.21 Å². The van der Waals surface area contributed by atoms with Gasteiger partial charge in [-0.2, -0.15) is 0 Å². The van der Waals surface area contributed by atoms with Gasteiger partial charge in [0.05, 0.1) is 12.7 Å². The van der Waals surface area contributed by atoms with Crippen molar-refractivity contribution in [2.45, 2.75) is 6.54 Å². The molecule has 19 heavy (non-hydrogen) atoms. The number of aldehydes is 1. The number of aromatic carboxylic acids is 1. The Kier molecular flexibility index (Phi) is 3.87. The van der Waals surface area contributed by atoms with Gasteiger partial charge in [0.25, 0.3) is 0 Å². The van der Waals surface area contributed by atoms with Gasteiger partial charge in [-0.3, -0.25) is 4.79 Å². The van der Waals surface area contributed by atoms with Crippen LogP contribution in [-0.4, -0.2) is 39.0 Å². The standard InChI is InChI=1S/C12H11N3O4/c16-8-9-1-3-10(4-2-9)19-6-5-15-7-11(12(17)18)13-14-15/h1-4,7-8H,5-6H2,(H,17,18). The average molecular weight is 261 g/mol. The maximum atomic E-state index is 10.6. The molecule has 0 spiro atoms. The van der Waals surface area contributed by atoms with Crippen LogP contribution in [0.4, 0.5) is 0 Å². The Bertz CT molecular complexity index is 577. The molecule has 1 aromatic carbocycles. The maximum absolute atomic E-state index is 10.6. The van der Waals surface area contributed by atoms with Crippen LogP contribution in [-0.2, 0) is 6.54 Å². The predicted octanol–water partition coefficient (Wildman–Crippen LogP) is 0.868. The lowest BCUT2D eigenvalue weighted by Gasteiger charge is -2.05. The summed E-state index contributed by atoms with van der Waals surface area (Å²) < 4.78 is 6.82. The van der Waals surface area contributed by atoms with Gasteiger partial charge in [0, 0.05) is 5.56 Å². The minimum Gasteiger partial charge on any atom is -0.492 e. The number of carbonyl (C=O) groups is 2. The molecule has 98 valence electrons. The van der Waals surface area contributed by atoms with Crippen molar-refractivity contribution in [3.63, 3.8) is 0 Å². The first-order chi connectivity index (χ1) is 9.19. The molecule has 0 bridgehead atoms. The third-order valence-corrected chi connectivity index (χ3v) is 2.36. The summed E-state index contributed by atoms with van der Waals surface area (Å²) in [5, 5.41) is 15.8. The lowest BCUT2D eigenvalue weighted by molar-refractivity contribution is 0.0690. The molecule has 0 saturated carbocycles. The van der Waals surface area contributed by atoms with Crippen LogP contribution in [0.25, 0.3) is 0 Å². The highest BCUT2D eigenvalue weighted by Gasteiger charge is 2.07. The van der Waals surface area contributed by atoms with Crippen molar-refractivity contribution in [1.29, 1.82) is 0 Å². The number of aromatic nitrogens is 3. The van der Waals surface area contributed by atoms with Crippen LogP contribution < -0.4 is 4.74 Å². The Morgan fingerprint density at radius 2 is 2.11 bits per heavy atom. The summed E-state index contributed by atoms with van der Waals surface area (Å²) >= 11 is 0. The largest absolute Gasteiger partial charge is 0.492 e. The van der Waals surface area contributed by atoms with Crippen LogP contribution in [0.2, 0.25) is 0 Å². The molecule has 0 aliphatic rings. The Labute approximate surface area is 108 Å². The van der Waals surface area contributed by atoms with Crippen molar-refractivity contribution >= 4 is 12.3 Å². The first kappa shape index (κ1) is 12.7. The molecule has 0 fully saturated rings. The Morgan fingerprint density at radius 1 is 1.37 bits per heavy atom. The predicted molar refractivity (Wildman–Crippen MR) is 64.3 cm³/mol. The summed E-state index contributed by atoms with van der Waals surface area (Å²) in [6.07, 6.45) is 2.09. The molecule has 2 rings (SSSR count). The van der Waals surface area contributed by atoms with E-state index >= 15 is 0 Å². The van der Waals surface area contributed by atoms with E-state index in [1.807, 2.05) is 0 Å². The van der Waals surface area contributed by atoms with E-state index in [0.717, 1.165) is 6.29 Å². The van der Waals surface area contributed by atoms with Gasteiger partial charge in [-0.15, -0.1) is 5.10 Å². The van der Waals surface area contributed by atoms with Crippen LogP contribution >= 0.6 is 0 Å². The van der Waals surface area contributed by atoms with E-state index in [-0.39, 0.29) is 5.69 Å². The molecule has 0 amide bonds. The first-order valence-corrected chi connectivity index (χ1v) is 5.50. The quantitative estimate of drug-likeness (QED) is 0.775. The second-order valence-electron chi connectivity index (χ2n) is 3.71. The number of hydrogen-bond donors (Lipinski definition) is 1. The summed E-state index contributed by atoms with van der Waals surface area (Å²) in [5.41, 5.74) is 0.477. The summed E-state index contributed by atoms with van der Waals surface area (Å²) in [7, 11) is 0. The number of rotatable bonds is 6. The van der Waals surface area contributed by atoms with Gasteiger partial charge < -0.3 is 9.84 Å². The molecule has 2 aromatic rings. The van der Waals surface area contributed by atoms with E-state index in [4.69, 9.17) is 9.84 Å². The van der Waals surface area contributed by atoms with E-state index < -0.39 is 5.97 Å². The third kappa shape index (κ3) is 3.38. The number of ether oxygens (including phenoxy) is 1. The zero-order chi connectivity index (χ0) is 13.7. The van der Waals surface area contributed by atoms with Crippen LogP contribution in [0.1, 0.15) is 20.8 Å². The topological polar surface area (TPSA) is 94.3 Å². The molecule has 0 radical (unpaired) electrons. The Hall–Kier alpha value is -2.70. The molecule has 0 atom stereocenters. The molecule has 0 aliphatic carbocycles. The average Bonchev–Trinajstić information content (AvgIpc) is 2.89. The van der Waals surface area contributed by atoms with Crippen LogP contribution in [0.5, 0.6) is 5.75 Å². The maximum Gasteiger partial charge on any atom is 0.358 e. The second-order valence-corrected chi connectivity index (χ2v) is 3.71. The van der Waals surface area contributed by atoms with E-state index in [0.29, 0.717) is 24.5 Å². The zero-order valence-electron chi connectivity index (χ0n) is 9.89. The third-order valence-electron chi connectivity index (χ3n) is 2.36. The van der Waals surface area contributed by atoms with Gasteiger partial charge in [-0.05, 0) is 24.3 Å². The van der Waals surface area contributed by atoms with Crippen molar-refractivity contribution < 1.29 is 19.4 Å². The monoisotopic (exact) mass is 261 g/mol. The van der Waals surface area contributed by atoms with Crippen LogP contribution in [0, 0.1) is 0 Å². The summed E-state index contributed by atoms with van der Waals surface area (Å²) in [5.74, 6) is -0.485. The number of benzene rings is 1. The van der Waals surface area contributed by atoms with Gasteiger partial charge in [-0.25, -0.2) is 9.48 Å². The molecule has 0 aliphatic heterocycles. The lowest BCUT2D eigenvalue weighted by atomic mass is 10.2. The van der Waals surface area contributed by atoms with Crippen LogP contribution in [0.15, 0.2) is 30.5 Å². The molecule has 1 heterocycles. The molecule has 0 unspecified atom stereocenters. The normalized spacial score (nSPS) is 10.1. The van der Waals surface area contributed by atoms with E-state index in [1.54, 1.807) is 24.3 Å². The van der Waals surface area contributed by atoms with Crippen molar-refractivity contribution in [3.05, 3.63) is 41.7 Å². The minimum atomic E-state index is -1.11. The zero-order valence-corrected chi connectivity index (χ0v) is 9.89. The highest BCUT2D eigenvalue weighted by molar-refractivity contribution is 5.84. The van der Waals surface area contributed by atoms with Crippen molar-refractivity contribution in [2.75, 3.05) is 6.61 Å². The fraction of sp³-hybridized carbons (Fsp3) is 0.167. The molecule has 7 heteroatoms. The molecule has 0 saturated heterocycles. The van der Waals surface area contributed by atoms with Crippen molar-refractivity contribution in [3.8, 4) is 5.75 Å². The number of nitrogens with zero attached hydrogens (tertiary/aromatic N) is 3. The highest BCUT2D eigenvalue weighted by atomic mass is 16.5. The number of carboxylic acids is 1. The fourth-order valence-electron chi connectivity index (χ4n) is 1.41. The Balaban J connectivity index is 1.85. The molecule has 1 N–H and O–H groups in total. The van der Waals surface area contributed by atoms with Gasteiger partial charge in [0.2, 0.25) is 0 Å². The van der Waals surface area contributed by atoms with Crippen molar-refractivity contribution in [1.82, 2.24) is 15.0 Å².